The molecule has 2 amide bonds. The second kappa shape index (κ2) is 5.62. The molecule has 3 heterocycles. The van der Waals surface area contributed by atoms with Crippen molar-refractivity contribution in [1.29, 1.82) is 0 Å². The molecule has 2 aliphatic heterocycles. The van der Waals surface area contributed by atoms with E-state index in [2.05, 4.69) is 10.5 Å². The van der Waals surface area contributed by atoms with Crippen LogP contribution in [0.4, 0.5) is 11.4 Å². The number of nitrogens with zero attached hydrogens (tertiary/aromatic N) is 3. The van der Waals surface area contributed by atoms with Crippen LogP contribution in [0.1, 0.15) is 10.6 Å². The van der Waals surface area contributed by atoms with Crippen molar-refractivity contribution in [3.8, 4) is 0 Å². The molecule has 26 heavy (non-hydrogen) atoms. The first-order valence-corrected chi connectivity index (χ1v) is 7.52. The molecule has 0 aliphatic carbocycles. The number of hydrogen-bond donors (Lipinski definition) is 1. The molecule has 130 valence electrons. The molecule has 4 rings (SSSR count). The second-order valence-corrected chi connectivity index (χ2v) is 5.67. The molecule has 0 bridgehead atoms. The van der Waals surface area contributed by atoms with Gasteiger partial charge in [0, 0.05) is 12.1 Å². The zero-order valence-corrected chi connectivity index (χ0v) is 13.0. The Morgan fingerprint density at radius 3 is 2.54 bits per heavy atom. The Morgan fingerprint density at radius 1 is 1.19 bits per heavy atom. The lowest BCUT2D eigenvalue weighted by Gasteiger charge is -2.15. The third kappa shape index (κ3) is 2.19. The van der Waals surface area contributed by atoms with Crippen molar-refractivity contribution in [3.63, 3.8) is 0 Å². The summed E-state index contributed by atoms with van der Waals surface area (Å²) in [6.45, 7) is 0. The fourth-order valence-corrected chi connectivity index (χ4v) is 2.99. The third-order valence-electron chi connectivity index (χ3n) is 4.22. The summed E-state index contributed by atoms with van der Waals surface area (Å²) >= 11 is 0. The van der Waals surface area contributed by atoms with Crippen molar-refractivity contribution >= 4 is 34.7 Å². The van der Waals surface area contributed by atoms with Crippen LogP contribution in [0.2, 0.25) is 0 Å². The predicted molar refractivity (Wildman–Crippen MR) is 86.5 cm³/mol. The molecular formula is C16H10N4O6. The largest absolute Gasteiger partial charge is 0.461 e. The number of carbonyl (C=O) groups is 3. The molecule has 2 aliphatic rings. The number of hydrazone groups is 1. The van der Waals surface area contributed by atoms with Crippen LogP contribution in [0.3, 0.4) is 0 Å². The number of furan rings is 1. The number of nitrogens with one attached hydrogen (secondary N) is 1. The molecule has 2 atom stereocenters. The van der Waals surface area contributed by atoms with Crippen LogP contribution in [0.5, 0.6) is 0 Å². The molecule has 1 aromatic carbocycles. The zero-order chi connectivity index (χ0) is 18.4. The van der Waals surface area contributed by atoms with Crippen LogP contribution in [-0.2, 0) is 9.59 Å². The Hall–Kier alpha value is -3.82. The Morgan fingerprint density at radius 2 is 1.92 bits per heavy atom. The Bertz CT molecular complexity index is 963. The molecule has 1 N–H and O–H groups in total. The van der Waals surface area contributed by atoms with Gasteiger partial charge in [0.2, 0.25) is 11.7 Å². The molecule has 1 fully saturated rings. The highest BCUT2D eigenvalue weighted by Crippen LogP contribution is 2.32. The van der Waals surface area contributed by atoms with Gasteiger partial charge in [0.15, 0.2) is 5.76 Å². The molecule has 2 aromatic rings. The number of anilines is 1. The Labute approximate surface area is 145 Å². The number of amides is 2. The van der Waals surface area contributed by atoms with Gasteiger partial charge in [0.1, 0.15) is 17.7 Å². The maximum Gasteiger partial charge on any atom is 0.269 e. The van der Waals surface area contributed by atoms with Gasteiger partial charge in [0.05, 0.1) is 16.9 Å². The van der Waals surface area contributed by atoms with Gasteiger partial charge in [-0.15, -0.1) is 0 Å². The molecule has 1 aromatic heterocycles. The lowest BCUT2D eigenvalue weighted by molar-refractivity contribution is -0.384. The van der Waals surface area contributed by atoms with E-state index in [4.69, 9.17) is 4.42 Å². The Kier molecular flexibility index (Phi) is 3.39. The second-order valence-electron chi connectivity index (χ2n) is 5.67. The van der Waals surface area contributed by atoms with Crippen molar-refractivity contribution < 1.29 is 23.7 Å². The lowest BCUT2D eigenvalue weighted by Crippen LogP contribution is -2.36. The van der Waals surface area contributed by atoms with E-state index in [-0.39, 0.29) is 22.8 Å². The van der Waals surface area contributed by atoms with E-state index in [0.29, 0.717) is 0 Å². The van der Waals surface area contributed by atoms with E-state index >= 15 is 0 Å². The van der Waals surface area contributed by atoms with Crippen molar-refractivity contribution in [2.45, 2.75) is 6.04 Å². The molecule has 0 saturated carbocycles. The molecule has 0 spiro atoms. The smallest absolute Gasteiger partial charge is 0.269 e. The van der Waals surface area contributed by atoms with Gasteiger partial charge in [0.25, 0.3) is 11.6 Å². The van der Waals surface area contributed by atoms with Gasteiger partial charge >= 0.3 is 0 Å². The first kappa shape index (κ1) is 15.7. The summed E-state index contributed by atoms with van der Waals surface area (Å²) in [4.78, 5) is 48.8. The number of fused-ring (bicyclic) bond motifs is 1. The predicted octanol–water partition coefficient (Wildman–Crippen LogP) is 0.888. The van der Waals surface area contributed by atoms with Crippen LogP contribution >= 0.6 is 0 Å². The van der Waals surface area contributed by atoms with Crippen LogP contribution in [0.25, 0.3) is 0 Å². The van der Waals surface area contributed by atoms with Gasteiger partial charge in [-0.2, -0.15) is 5.10 Å². The number of non-ortho nitro benzene ring substituents is 1. The SMILES string of the molecule is O=C(C1=NN[C@@H]2C(=O)N(c3ccc([N+](=O)[O-])cc3)C(=O)[C@H]12)c1ccco1. The fraction of sp³-hybridized carbons (Fsp3) is 0.125. The number of ketones is 1. The summed E-state index contributed by atoms with van der Waals surface area (Å²) in [5.74, 6) is -2.85. The molecular weight excluding hydrogens is 344 g/mol. The Balaban J connectivity index is 1.64. The summed E-state index contributed by atoms with van der Waals surface area (Å²) in [5.41, 5.74) is 2.44. The number of Topliss-reactive ketones (excluding diaryl/α,β-unsaturated/α-hetero) is 1. The maximum atomic E-state index is 12.8. The molecule has 0 unspecified atom stereocenters. The van der Waals surface area contributed by atoms with Crippen LogP contribution in [-0.4, -0.2) is 34.3 Å². The minimum absolute atomic E-state index is 0.0141. The maximum absolute atomic E-state index is 12.8. The first-order valence-electron chi connectivity index (χ1n) is 7.52. The quantitative estimate of drug-likeness (QED) is 0.373. The number of carbonyl (C=O) groups excluding carboxylic acids is 3. The minimum Gasteiger partial charge on any atom is -0.461 e. The monoisotopic (exact) mass is 354 g/mol. The van der Waals surface area contributed by atoms with E-state index in [9.17, 15) is 24.5 Å². The van der Waals surface area contributed by atoms with Gasteiger partial charge in [-0.1, -0.05) is 0 Å². The van der Waals surface area contributed by atoms with Gasteiger partial charge in [-0.05, 0) is 24.3 Å². The number of nitro benzene ring substituents is 1. The highest BCUT2D eigenvalue weighted by Gasteiger charge is 2.55. The van der Waals surface area contributed by atoms with Gasteiger partial charge in [-0.3, -0.25) is 29.9 Å². The molecule has 0 radical (unpaired) electrons. The number of imide groups is 1. The number of rotatable bonds is 4. The van der Waals surface area contributed by atoms with Crippen molar-refractivity contribution in [2.24, 2.45) is 11.0 Å². The summed E-state index contributed by atoms with van der Waals surface area (Å²) in [7, 11) is 0. The molecule has 10 nitrogen and oxygen atoms in total. The third-order valence-corrected chi connectivity index (χ3v) is 4.22. The van der Waals surface area contributed by atoms with E-state index in [1.807, 2.05) is 0 Å². The van der Waals surface area contributed by atoms with Crippen molar-refractivity contribution in [2.75, 3.05) is 4.90 Å². The zero-order valence-electron chi connectivity index (χ0n) is 13.0. The number of nitro groups is 1. The summed E-state index contributed by atoms with van der Waals surface area (Å²) in [5, 5.41) is 14.6. The number of hydrogen-bond acceptors (Lipinski definition) is 8. The summed E-state index contributed by atoms with van der Waals surface area (Å²) in [6, 6.07) is 6.97. The van der Waals surface area contributed by atoms with Crippen LogP contribution < -0.4 is 10.3 Å². The van der Waals surface area contributed by atoms with Crippen molar-refractivity contribution in [1.82, 2.24) is 5.43 Å². The average Bonchev–Trinajstić information content (AvgIpc) is 3.35. The summed E-state index contributed by atoms with van der Waals surface area (Å²) < 4.78 is 5.03. The number of benzene rings is 1. The van der Waals surface area contributed by atoms with E-state index in [0.717, 1.165) is 4.90 Å². The van der Waals surface area contributed by atoms with Gasteiger partial charge in [-0.25, -0.2) is 4.90 Å². The van der Waals surface area contributed by atoms with E-state index in [1.165, 1.54) is 42.7 Å². The minimum atomic E-state index is -1.07. The average molecular weight is 354 g/mol. The standard InChI is InChI=1S/C16H10N4O6/c21-14(10-2-1-7-26-10)12-11-13(18-17-12)16(23)19(15(11)22)8-3-5-9(6-4-8)20(24)25/h1-7,11,13,18H/t11-,13+/m1/s1. The summed E-state index contributed by atoms with van der Waals surface area (Å²) in [6.07, 6.45) is 1.32. The van der Waals surface area contributed by atoms with Crippen molar-refractivity contribution in [3.05, 3.63) is 58.5 Å². The van der Waals surface area contributed by atoms with Crippen LogP contribution in [0, 0.1) is 16.0 Å². The van der Waals surface area contributed by atoms with E-state index < -0.39 is 34.5 Å². The lowest BCUT2D eigenvalue weighted by atomic mass is 9.95. The molecule has 10 heteroatoms. The normalized spacial score (nSPS) is 21.4. The van der Waals surface area contributed by atoms with Crippen LogP contribution in [0.15, 0.2) is 52.2 Å². The molecule has 1 saturated heterocycles. The first-order chi connectivity index (χ1) is 12.5. The van der Waals surface area contributed by atoms with E-state index in [1.54, 1.807) is 0 Å². The van der Waals surface area contributed by atoms with Gasteiger partial charge < -0.3 is 4.42 Å². The fourth-order valence-electron chi connectivity index (χ4n) is 2.99. The highest BCUT2D eigenvalue weighted by molar-refractivity contribution is 6.52. The topological polar surface area (TPSA) is 135 Å². The highest BCUT2D eigenvalue weighted by atomic mass is 16.6.